The van der Waals surface area contributed by atoms with Crippen LogP contribution >= 0.6 is 0 Å². The largest absolute Gasteiger partial charge is 0.394 e. The lowest BCUT2D eigenvalue weighted by molar-refractivity contribution is 0.0773. The van der Waals surface area contributed by atoms with Crippen molar-refractivity contribution in [2.75, 3.05) is 26.2 Å². The molecule has 0 aromatic rings. The minimum absolute atomic E-state index is 0.0470. The lowest BCUT2D eigenvalue weighted by Crippen LogP contribution is -2.56. The van der Waals surface area contributed by atoms with E-state index in [-0.39, 0.29) is 5.54 Å². The highest BCUT2D eigenvalue weighted by Crippen LogP contribution is 2.28. The first-order valence-corrected chi connectivity index (χ1v) is 6.39. The van der Waals surface area contributed by atoms with Gasteiger partial charge in [-0.3, -0.25) is 0 Å². The molecule has 0 spiro atoms. The summed E-state index contributed by atoms with van der Waals surface area (Å²) < 4.78 is 0. The molecule has 0 unspecified atom stereocenters. The van der Waals surface area contributed by atoms with Crippen molar-refractivity contribution < 1.29 is 5.11 Å². The smallest absolute Gasteiger partial charge is 0.0614 e. The van der Waals surface area contributed by atoms with Crippen molar-refractivity contribution >= 4 is 0 Å². The molecule has 0 bridgehead atoms. The molecule has 1 heterocycles. The van der Waals surface area contributed by atoms with Gasteiger partial charge < -0.3 is 15.3 Å². The van der Waals surface area contributed by atoms with E-state index in [2.05, 4.69) is 17.1 Å². The summed E-state index contributed by atoms with van der Waals surface area (Å²) in [6.45, 7) is 6.05. The number of piperidine rings is 1. The SMILES string of the molecule is CCCN1CCC(CO)(NC2CC2)CC1. The Morgan fingerprint density at radius 3 is 2.47 bits per heavy atom. The van der Waals surface area contributed by atoms with Crippen molar-refractivity contribution in [2.24, 2.45) is 0 Å². The summed E-state index contributed by atoms with van der Waals surface area (Å²) in [4.78, 5) is 2.52. The van der Waals surface area contributed by atoms with E-state index in [0.29, 0.717) is 12.6 Å². The third-order valence-corrected chi connectivity index (χ3v) is 3.74. The van der Waals surface area contributed by atoms with E-state index >= 15 is 0 Å². The second-order valence-corrected chi connectivity index (χ2v) is 5.20. The monoisotopic (exact) mass is 212 g/mol. The van der Waals surface area contributed by atoms with Gasteiger partial charge >= 0.3 is 0 Å². The number of nitrogens with zero attached hydrogens (tertiary/aromatic N) is 1. The first-order chi connectivity index (χ1) is 7.28. The van der Waals surface area contributed by atoms with Crippen LogP contribution in [0.15, 0.2) is 0 Å². The van der Waals surface area contributed by atoms with Gasteiger partial charge in [0.05, 0.1) is 6.61 Å². The minimum atomic E-state index is 0.0470. The summed E-state index contributed by atoms with van der Waals surface area (Å²) in [7, 11) is 0. The van der Waals surface area contributed by atoms with E-state index in [1.165, 1.54) is 25.8 Å². The molecule has 1 saturated carbocycles. The van der Waals surface area contributed by atoms with Gasteiger partial charge in [0.25, 0.3) is 0 Å². The van der Waals surface area contributed by atoms with Gasteiger partial charge in [0, 0.05) is 11.6 Å². The summed E-state index contributed by atoms with van der Waals surface area (Å²) in [6.07, 6.45) is 6.07. The second-order valence-electron chi connectivity index (χ2n) is 5.20. The lowest BCUT2D eigenvalue weighted by atomic mass is 9.88. The molecule has 0 radical (unpaired) electrons. The summed E-state index contributed by atoms with van der Waals surface area (Å²) in [5.41, 5.74) is 0.0470. The summed E-state index contributed by atoms with van der Waals surface area (Å²) in [6, 6.07) is 0.704. The summed E-state index contributed by atoms with van der Waals surface area (Å²) in [5, 5.41) is 13.2. The van der Waals surface area contributed by atoms with Crippen molar-refractivity contribution in [1.29, 1.82) is 0 Å². The predicted octanol–water partition coefficient (Wildman–Crippen LogP) is 0.975. The molecule has 2 aliphatic rings. The molecular weight excluding hydrogens is 188 g/mol. The van der Waals surface area contributed by atoms with Crippen molar-refractivity contribution in [3.8, 4) is 0 Å². The average molecular weight is 212 g/mol. The molecule has 15 heavy (non-hydrogen) atoms. The normalized spacial score (nSPS) is 26.8. The quantitative estimate of drug-likeness (QED) is 0.713. The van der Waals surface area contributed by atoms with Gasteiger partial charge in [0.15, 0.2) is 0 Å². The molecule has 0 aromatic carbocycles. The number of hydrogen-bond acceptors (Lipinski definition) is 3. The Morgan fingerprint density at radius 2 is 2.00 bits per heavy atom. The Labute approximate surface area is 92.8 Å². The van der Waals surface area contributed by atoms with Crippen LogP contribution in [0.3, 0.4) is 0 Å². The van der Waals surface area contributed by atoms with Crippen molar-refractivity contribution in [3.05, 3.63) is 0 Å². The zero-order valence-electron chi connectivity index (χ0n) is 9.84. The number of rotatable bonds is 5. The molecule has 1 saturated heterocycles. The number of aliphatic hydroxyl groups is 1. The van der Waals surface area contributed by atoms with Crippen molar-refractivity contribution in [3.63, 3.8) is 0 Å². The zero-order chi connectivity index (χ0) is 10.7. The van der Waals surface area contributed by atoms with E-state index in [0.717, 1.165) is 25.9 Å². The molecule has 1 aliphatic heterocycles. The third-order valence-electron chi connectivity index (χ3n) is 3.74. The molecule has 2 N–H and O–H groups in total. The molecule has 2 rings (SSSR count). The van der Waals surface area contributed by atoms with E-state index in [9.17, 15) is 5.11 Å². The lowest BCUT2D eigenvalue weighted by Gasteiger charge is -2.41. The van der Waals surface area contributed by atoms with Gasteiger partial charge in [-0.05, 0) is 51.7 Å². The van der Waals surface area contributed by atoms with Crippen molar-refractivity contribution in [1.82, 2.24) is 10.2 Å². The van der Waals surface area contributed by atoms with Gasteiger partial charge in [-0.15, -0.1) is 0 Å². The standard InChI is InChI=1S/C12H24N2O/c1-2-7-14-8-5-12(10-15,6-9-14)13-11-3-4-11/h11,13,15H,2-10H2,1H3. The van der Waals surface area contributed by atoms with Gasteiger partial charge in [0.1, 0.15) is 0 Å². The van der Waals surface area contributed by atoms with Crippen LogP contribution in [0.25, 0.3) is 0 Å². The maximum atomic E-state index is 9.55. The van der Waals surface area contributed by atoms with E-state index < -0.39 is 0 Å². The molecule has 3 heteroatoms. The Kier molecular flexibility index (Phi) is 3.65. The summed E-state index contributed by atoms with van der Waals surface area (Å²) in [5.74, 6) is 0. The third kappa shape index (κ3) is 2.92. The molecule has 0 amide bonds. The Morgan fingerprint density at radius 1 is 1.33 bits per heavy atom. The fourth-order valence-corrected chi connectivity index (χ4v) is 2.53. The van der Waals surface area contributed by atoms with Crippen LogP contribution in [-0.4, -0.2) is 47.8 Å². The Bertz CT molecular complexity index is 196. The van der Waals surface area contributed by atoms with Gasteiger partial charge in [0.2, 0.25) is 0 Å². The van der Waals surface area contributed by atoms with Gasteiger partial charge in [-0.25, -0.2) is 0 Å². The van der Waals surface area contributed by atoms with Crippen LogP contribution in [-0.2, 0) is 0 Å². The topological polar surface area (TPSA) is 35.5 Å². The zero-order valence-corrected chi connectivity index (χ0v) is 9.84. The fraction of sp³-hybridized carbons (Fsp3) is 1.00. The van der Waals surface area contributed by atoms with Crippen molar-refractivity contribution in [2.45, 2.75) is 50.6 Å². The Hall–Kier alpha value is -0.120. The van der Waals surface area contributed by atoms with Crippen LogP contribution in [0, 0.1) is 0 Å². The van der Waals surface area contributed by atoms with Gasteiger partial charge in [-0.1, -0.05) is 6.92 Å². The first-order valence-electron chi connectivity index (χ1n) is 6.39. The average Bonchev–Trinajstić information content (AvgIpc) is 3.06. The number of hydrogen-bond donors (Lipinski definition) is 2. The van der Waals surface area contributed by atoms with E-state index in [4.69, 9.17) is 0 Å². The van der Waals surface area contributed by atoms with Gasteiger partial charge in [-0.2, -0.15) is 0 Å². The van der Waals surface area contributed by atoms with E-state index in [1.807, 2.05) is 0 Å². The highest BCUT2D eigenvalue weighted by molar-refractivity contribution is 4.98. The molecule has 0 aromatic heterocycles. The number of nitrogens with one attached hydrogen (secondary N) is 1. The highest BCUT2D eigenvalue weighted by atomic mass is 16.3. The molecule has 0 atom stereocenters. The highest BCUT2D eigenvalue weighted by Gasteiger charge is 2.38. The number of aliphatic hydroxyl groups excluding tert-OH is 1. The molecule has 2 fully saturated rings. The molecule has 1 aliphatic carbocycles. The minimum Gasteiger partial charge on any atom is -0.394 e. The second kappa shape index (κ2) is 4.81. The maximum absolute atomic E-state index is 9.55. The number of likely N-dealkylation sites (tertiary alicyclic amines) is 1. The predicted molar refractivity (Wildman–Crippen MR) is 61.9 cm³/mol. The maximum Gasteiger partial charge on any atom is 0.0614 e. The molecule has 88 valence electrons. The van der Waals surface area contributed by atoms with E-state index in [1.54, 1.807) is 0 Å². The first kappa shape index (κ1) is 11.4. The van der Waals surface area contributed by atoms with Crippen LogP contribution < -0.4 is 5.32 Å². The molecule has 3 nitrogen and oxygen atoms in total. The van der Waals surface area contributed by atoms with Crippen LogP contribution in [0.5, 0.6) is 0 Å². The summed E-state index contributed by atoms with van der Waals surface area (Å²) >= 11 is 0. The molecular formula is C12H24N2O. The Balaban J connectivity index is 1.81. The van der Waals surface area contributed by atoms with Crippen LogP contribution in [0.2, 0.25) is 0 Å². The van der Waals surface area contributed by atoms with Crippen LogP contribution in [0.1, 0.15) is 39.0 Å². The fourth-order valence-electron chi connectivity index (χ4n) is 2.53. The van der Waals surface area contributed by atoms with Crippen LogP contribution in [0.4, 0.5) is 0 Å².